The van der Waals surface area contributed by atoms with Crippen LogP contribution in [0.15, 0.2) is 84.0 Å². The van der Waals surface area contributed by atoms with Crippen molar-refractivity contribution in [1.82, 2.24) is 0 Å². The third kappa shape index (κ3) is 3.89. The molecule has 0 amide bonds. The van der Waals surface area contributed by atoms with Gasteiger partial charge < -0.3 is 0 Å². The van der Waals surface area contributed by atoms with E-state index >= 15 is 0 Å². The van der Waals surface area contributed by atoms with Gasteiger partial charge in [-0.3, -0.25) is 0 Å². The molecule has 0 aliphatic rings. The van der Waals surface area contributed by atoms with Gasteiger partial charge in [-0.1, -0.05) is 73.8 Å². The van der Waals surface area contributed by atoms with Crippen molar-refractivity contribution in [2.24, 2.45) is 10.2 Å². The van der Waals surface area contributed by atoms with Gasteiger partial charge in [0.1, 0.15) is 0 Å². The Morgan fingerprint density at radius 1 is 0.650 bits per heavy atom. The normalized spacial score (nSPS) is 11.0. The molecular formula is C18H16N2. The predicted octanol–water partition coefficient (Wildman–Crippen LogP) is 4.47. The minimum absolute atomic E-state index is 0.827. The maximum Gasteiger partial charge on any atom is 0.0568 e. The Hall–Kier alpha value is -2.74. The van der Waals surface area contributed by atoms with Crippen LogP contribution >= 0.6 is 0 Å². The third-order valence-electron chi connectivity index (χ3n) is 2.78. The molecule has 2 nitrogen and oxygen atoms in total. The largest absolute Gasteiger partial charge is 0.159 e. The monoisotopic (exact) mass is 260 g/mol. The molecule has 0 aliphatic carbocycles. The molecule has 0 aromatic heterocycles. The summed E-state index contributed by atoms with van der Waals surface area (Å²) in [7, 11) is 0. The van der Waals surface area contributed by atoms with Gasteiger partial charge in [0.25, 0.3) is 0 Å². The Kier molecular flexibility index (Phi) is 4.79. The molecule has 98 valence electrons. The second kappa shape index (κ2) is 7.00. The van der Waals surface area contributed by atoms with Crippen LogP contribution in [-0.2, 0) is 0 Å². The number of allylic oxidation sites excluding steroid dienone is 2. The quantitative estimate of drug-likeness (QED) is 0.559. The first kappa shape index (κ1) is 13.7. The molecule has 0 spiro atoms. The lowest BCUT2D eigenvalue weighted by Crippen LogP contribution is -1.84. The zero-order valence-electron chi connectivity index (χ0n) is 11.2. The molecule has 0 radical (unpaired) electrons. The highest BCUT2D eigenvalue weighted by molar-refractivity contribution is 6.10. The molecule has 0 saturated heterocycles. The van der Waals surface area contributed by atoms with E-state index in [2.05, 4.69) is 23.4 Å². The molecular weight excluding hydrogens is 244 g/mol. The predicted molar refractivity (Wildman–Crippen MR) is 87.9 cm³/mol. The van der Waals surface area contributed by atoms with Gasteiger partial charge in [0.2, 0.25) is 0 Å². The molecule has 0 unspecified atom stereocenters. The Morgan fingerprint density at radius 3 is 1.35 bits per heavy atom. The Balaban J connectivity index is 1.95. The van der Waals surface area contributed by atoms with E-state index in [-0.39, 0.29) is 0 Å². The molecule has 0 heterocycles. The van der Waals surface area contributed by atoms with E-state index in [1.54, 1.807) is 12.4 Å². The summed E-state index contributed by atoms with van der Waals surface area (Å²) in [6.07, 6.45) is 3.29. The van der Waals surface area contributed by atoms with Crippen LogP contribution in [0.5, 0.6) is 0 Å². The summed E-state index contributed by atoms with van der Waals surface area (Å²) in [5.74, 6) is 0. The smallest absolute Gasteiger partial charge is 0.0568 e. The first-order chi connectivity index (χ1) is 9.77. The standard InChI is InChI=1S/C18H16N2/c1-15(17-9-5-3-6-10-17)13-19-20-14-16(2)18-11-7-4-8-12-18/h3-14H,1-2H2/b19-13+,20-14+. The van der Waals surface area contributed by atoms with Crippen LogP contribution in [0, 0.1) is 0 Å². The average Bonchev–Trinajstić information content (AvgIpc) is 2.53. The van der Waals surface area contributed by atoms with Gasteiger partial charge in [0.05, 0.1) is 12.4 Å². The summed E-state index contributed by atoms with van der Waals surface area (Å²) in [6, 6.07) is 19.8. The molecule has 2 aromatic carbocycles. The van der Waals surface area contributed by atoms with Gasteiger partial charge in [-0.2, -0.15) is 10.2 Å². The SMILES string of the molecule is C=C(/C=N/N=C/C(=C)c1ccccc1)c1ccccc1. The van der Waals surface area contributed by atoms with E-state index in [4.69, 9.17) is 0 Å². The van der Waals surface area contributed by atoms with Crippen molar-refractivity contribution in [1.29, 1.82) is 0 Å². The van der Waals surface area contributed by atoms with Crippen LogP contribution < -0.4 is 0 Å². The van der Waals surface area contributed by atoms with Crippen LogP contribution in [-0.4, -0.2) is 12.4 Å². The lowest BCUT2D eigenvalue weighted by atomic mass is 10.1. The Labute approximate surface area is 119 Å². The minimum Gasteiger partial charge on any atom is -0.159 e. The molecule has 0 aliphatic heterocycles. The molecule has 0 N–H and O–H groups in total. The summed E-state index contributed by atoms with van der Waals surface area (Å²) < 4.78 is 0. The number of rotatable bonds is 5. The maximum absolute atomic E-state index is 4.00. The van der Waals surface area contributed by atoms with Gasteiger partial charge in [0.15, 0.2) is 0 Å². The van der Waals surface area contributed by atoms with Crippen molar-refractivity contribution in [3.63, 3.8) is 0 Å². The van der Waals surface area contributed by atoms with Crippen LogP contribution in [0.2, 0.25) is 0 Å². The van der Waals surface area contributed by atoms with Gasteiger partial charge in [0, 0.05) is 0 Å². The maximum atomic E-state index is 4.00. The highest BCUT2D eigenvalue weighted by Gasteiger charge is 1.94. The van der Waals surface area contributed by atoms with E-state index in [0.717, 1.165) is 22.3 Å². The molecule has 2 heteroatoms. The fraction of sp³-hybridized carbons (Fsp3) is 0. The van der Waals surface area contributed by atoms with E-state index in [9.17, 15) is 0 Å². The van der Waals surface area contributed by atoms with E-state index in [1.807, 2.05) is 60.7 Å². The van der Waals surface area contributed by atoms with Crippen molar-refractivity contribution in [2.45, 2.75) is 0 Å². The van der Waals surface area contributed by atoms with Gasteiger partial charge in [-0.15, -0.1) is 0 Å². The van der Waals surface area contributed by atoms with Crippen LogP contribution in [0.25, 0.3) is 11.1 Å². The molecule has 2 aromatic rings. The zero-order valence-corrected chi connectivity index (χ0v) is 11.2. The summed E-state index contributed by atoms with van der Waals surface area (Å²) in [4.78, 5) is 0. The van der Waals surface area contributed by atoms with Crippen molar-refractivity contribution >= 4 is 23.6 Å². The van der Waals surface area contributed by atoms with Crippen molar-refractivity contribution < 1.29 is 0 Å². The molecule has 0 saturated carbocycles. The van der Waals surface area contributed by atoms with Crippen LogP contribution in [0.1, 0.15) is 11.1 Å². The lowest BCUT2D eigenvalue weighted by molar-refractivity contribution is 1.27. The average molecular weight is 260 g/mol. The van der Waals surface area contributed by atoms with E-state index < -0.39 is 0 Å². The highest BCUT2D eigenvalue weighted by Crippen LogP contribution is 2.10. The number of nitrogens with zero attached hydrogens (tertiary/aromatic N) is 2. The second-order valence-electron chi connectivity index (χ2n) is 4.27. The number of benzene rings is 2. The van der Waals surface area contributed by atoms with E-state index in [1.165, 1.54) is 0 Å². The Morgan fingerprint density at radius 2 is 1.00 bits per heavy atom. The second-order valence-corrected chi connectivity index (χ2v) is 4.27. The van der Waals surface area contributed by atoms with Crippen LogP contribution in [0.4, 0.5) is 0 Å². The summed E-state index contributed by atoms with van der Waals surface area (Å²) in [6.45, 7) is 7.91. The van der Waals surface area contributed by atoms with Crippen LogP contribution in [0.3, 0.4) is 0 Å². The molecule has 2 rings (SSSR count). The topological polar surface area (TPSA) is 24.7 Å². The molecule has 0 bridgehead atoms. The first-order valence-corrected chi connectivity index (χ1v) is 6.32. The highest BCUT2D eigenvalue weighted by atomic mass is 15.2. The fourth-order valence-electron chi connectivity index (χ4n) is 1.66. The molecule has 20 heavy (non-hydrogen) atoms. The van der Waals surface area contributed by atoms with Gasteiger partial charge >= 0.3 is 0 Å². The van der Waals surface area contributed by atoms with Gasteiger partial charge in [-0.25, -0.2) is 0 Å². The van der Waals surface area contributed by atoms with Crippen molar-refractivity contribution in [3.05, 3.63) is 84.9 Å². The first-order valence-electron chi connectivity index (χ1n) is 6.32. The molecule has 0 atom stereocenters. The summed E-state index contributed by atoms with van der Waals surface area (Å²) in [5, 5.41) is 7.99. The van der Waals surface area contributed by atoms with Crippen molar-refractivity contribution in [2.75, 3.05) is 0 Å². The molecule has 0 fully saturated rings. The number of hydrogen-bond acceptors (Lipinski definition) is 2. The number of hydrogen-bond donors (Lipinski definition) is 0. The van der Waals surface area contributed by atoms with E-state index in [0.29, 0.717) is 0 Å². The summed E-state index contributed by atoms with van der Waals surface area (Å²) >= 11 is 0. The van der Waals surface area contributed by atoms with Gasteiger partial charge in [-0.05, 0) is 22.3 Å². The summed E-state index contributed by atoms with van der Waals surface area (Å²) in [5.41, 5.74) is 3.72. The fourth-order valence-corrected chi connectivity index (χ4v) is 1.66. The lowest BCUT2D eigenvalue weighted by Gasteiger charge is -1.98. The Bertz CT molecular complexity index is 578. The zero-order chi connectivity index (χ0) is 14.2. The third-order valence-corrected chi connectivity index (χ3v) is 2.78. The van der Waals surface area contributed by atoms with Crippen molar-refractivity contribution in [3.8, 4) is 0 Å². The minimum atomic E-state index is 0.827.